The van der Waals surface area contributed by atoms with Crippen molar-refractivity contribution in [3.05, 3.63) is 54.1 Å². The van der Waals surface area contributed by atoms with Crippen molar-refractivity contribution in [2.45, 2.75) is 49.8 Å². The minimum absolute atomic E-state index is 0.136. The summed E-state index contributed by atoms with van der Waals surface area (Å²) < 4.78 is 27.4. The van der Waals surface area contributed by atoms with Crippen LogP contribution in [0.5, 0.6) is 0 Å². The summed E-state index contributed by atoms with van der Waals surface area (Å²) in [5.74, 6) is -0.541. The normalized spacial score (nSPS) is 13.0. The summed E-state index contributed by atoms with van der Waals surface area (Å²) in [5, 5.41) is 11.3. The zero-order valence-corrected chi connectivity index (χ0v) is 18.0. The third kappa shape index (κ3) is 5.83. The summed E-state index contributed by atoms with van der Waals surface area (Å²) >= 11 is 0. The lowest BCUT2D eigenvalue weighted by Crippen LogP contribution is -2.29. The predicted octanol–water partition coefficient (Wildman–Crippen LogP) is 3.22. The summed E-state index contributed by atoms with van der Waals surface area (Å²) in [7, 11) is -3.65. The SMILES string of the molecule is O=C(CCCCCCC(=O)Nc1ccc2c(c1)N(S(=O)(=O)c1ccccc1)CC2)NO. The number of hydrogen-bond donors (Lipinski definition) is 3. The minimum Gasteiger partial charge on any atom is -0.326 e. The Bertz CT molecular complexity index is 1020. The van der Waals surface area contributed by atoms with Gasteiger partial charge in [0.15, 0.2) is 0 Å². The van der Waals surface area contributed by atoms with E-state index in [1.54, 1.807) is 47.9 Å². The molecule has 2 amide bonds. The van der Waals surface area contributed by atoms with Gasteiger partial charge >= 0.3 is 0 Å². The third-order valence-corrected chi connectivity index (χ3v) is 7.06. The van der Waals surface area contributed by atoms with Crippen molar-refractivity contribution in [2.24, 2.45) is 0 Å². The fourth-order valence-electron chi connectivity index (χ4n) is 3.60. The summed E-state index contributed by atoms with van der Waals surface area (Å²) in [6, 6.07) is 13.7. The van der Waals surface area contributed by atoms with E-state index in [1.165, 1.54) is 4.31 Å². The number of rotatable bonds is 10. The molecule has 0 radical (unpaired) electrons. The van der Waals surface area contributed by atoms with Gasteiger partial charge in [-0.3, -0.25) is 19.1 Å². The second-order valence-electron chi connectivity index (χ2n) is 7.48. The number of fused-ring (bicyclic) bond motifs is 1. The molecule has 0 fully saturated rings. The fourth-order valence-corrected chi connectivity index (χ4v) is 5.12. The van der Waals surface area contributed by atoms with Crippen LogP contribution in [0.15, 0.2) is 53.4 Å². The first-order chi connectivity index (χ1) is 14.9. The zero-order valence-electron chi connectivity index (χ0n) is 17.2. The Hall–Kier alpha value is -2.91. The van der Waals surface area contributed by atoms with Crippen LogP contribution in [0.2, 0.25) is 0 Å². The third-order valence-electron chi connectivity index (χ3n) is 5.24. The molecular weight excluding hydrogens is 418 g/mol. The number of amides is 2. The van der Waals surface area contributed by atoms with Crippen LogP contribution >= 0.6 is 0 Å². The van der Waals surface area contributed by atoms with Crippen molar-refractivity contribution in [1.82, 2.24) is 5.48 Å². The van der Waals surface area contributed by atoms with E-state index in [2.05, 4.69) is 5.32 Å². The number of nitrogens with one attached hydrogen (secondary N) is 2. The van der Waals surface area contributed by atoms with Crippen molar-refractivity contribution < 1.29 is 23.2 Å². The number of hydrogen-bond acceptors (Lipinski definition) is 5. The first-order valence-corrected chi connectivity index (χ1v) is 11.8. The second kappa shape index (κ2) is 10.4. The molecule has 0 aromatic heterocycles. The minimum atomic E-state index is -3.65. The maximum atomic E-state index is 13.0. The molecule has 8 nitrogen and oxygen atoms in total. The van der Waals surface area contributed by atoms with E-state index in [0.29, 0.717) is 43.6 Å². The fraction of sp³-hybridized carbons (Fsp3) is 0.364. The van der Waals surface area contributed by atoms with Gasteiger partial charge in [0.2, 0.25) is 11.8 Å². The van der Waals surface area contributed by atoms with Gasteiger partial charge < -0.3 is 5.32 Å². The van der Waals surface area contributed by atoms with Crippen LogP contribution in [0.3, 0.4) is 0 Å². The van der Waals surface area contributed by atoms with Gasteiger partial charge in [-0.2, -0.15) is 0 Å². The van der Waals surface area contributed by atoms with Crippen LogP contribution < -0.4 is 15.1 Å². The number of nitrogens with zero attached hydrogens (tertiary/aromatic N) is 1. The molecule has 0 unspecified atom stereocenters. The molecule has 9 heteroatoms. The Morgan fingerprint density at radius 1 is 0.935 bits per heavy atom. The average molecular weight is 446 g/mol. The molecule has 31 heavy (non-hydrogen) atoms. The Labute approximate surface area is 182 Å². The molecule has 0 saturated heterocycles. The number of sulfonamides is 1. The van der Waals surface area contributed by atoms with E-state index < -0.39 is 15.9 Å². The van der Waals surface area contributed by atoms with E-state index in [4.69, 9.17) is 5.21 Å². The van der Waals surface area contributed by atoms with Crippen molar-refractivity contribution >= 4 is 33.2 Å². The second-order valence-corrected chi connectivity index (χ2v) is 9.34. The zero-order chi connectivity index (χ0) is 22.3. The van der Waals surface area contributed by atoms with Gasteiger partial charge in [0.25, 0.3) is 10.0 Å². The van der Waals surface area contributed by atoms with Gasteiger partial charge in [0, 0.05) is 25.1 Å². The molecule has 0 bridgehead atoms. The lowest BCUT2D eigenvalue weighted by Gasteiger charge is -2.20. The van der Waals surface area contributed by atoms with Gasteiger partial charge in [0.1, 0.15) is 0 Å². The maximum Gasteiger partial charge on any atom is 0.264 e. The van der Waals surface area contributed by atoms with E-state index >= 15 is 0 Å². The quantitative estimate of drug-likeness (QED) is 0.295. The smallest absolute Gasteiger partial charge is 0.264 e. The van der Waals surface area contributed by atoms with Crippen molar-refractivity contribution in [3.8, 4) is 0 Å². The molecule has 2 aromatic carbocycles. The molecule has 0 aliphatic carbocycles. The highest BCUT2D eigenvalue weighted by atomic mass is 32.2. The molecule has 1 aliphatic heterocycles. The lowest BCUT2D eigenvalue weighted by molar-refractivity contribution is -0.129. The molecule has 166 valence electrons. The molecule has 0 saturated carbocycles. The van der Waals surface area contributed by atoms with Gasteiger partial charge in [-0.15, -0.1) is 0 Å². The van der Waals surface area contributed by atoms with Gasteiger partial charge in [-0.05, 0) is 49.1 Å². The summed E-state index contributed by atoms with van der Waals surface area (Å²) in [4.78, 5) is 23.4. The average Bonchev–Trinajstić information content (AvgIpc) is 3.20. The van der Waals surface area contributed by atoms with Crippen LogP contribution in [0, 0.1) is 0 Å². The van der Waals surface area contributed by atoms with E-state index in [0.717, 1.165) is 18.4 Å². The largest absolute Gasteiger partial charge is 0.326 e. The summed E-state index contributed by atoms with van der Waals surface area (Å²) in [5.41, 5.74) is 3.70. The van der Waals surface area contributed by atoms with Crippen LogP contribution in [-0.2, 0) is 26.0 Å². The van der Waals surface area contributed by atoms with Gasteiger partial charge in [0.05, 0.1) is 10.6 Å². The van der Waals surface area contributed by atoms with E-state index in [9.17, 15) is 18.0 Å². The highest BCUT2D eigenvalue weighted by Crippen LogP contribution is 2.35. The highest BCUT2D eigenvalue weighted by molar-refractivity contribution is 7.92. The molecule has 1 aliphatic rings. The first-order valence-electron chi connectivity index (χ1n) is 10.4. The van der Waals surface area contributed by atoms with Crippen molar-refractivity contribution in [1.29, 1.82) is 0 Å². The lowest BCUT2D eigenvalue weighted by atomic mass is 10.1. The molecule has 0 atom stereocenters. The molecule has 2 aromatic rings. The van der Waals surface area contributed by atoms with Crippen molar-refractivity contribution in [3.63, 3.8) is 0 Å². The number of hydroxylamine groups is 1. The van der Waals surface area contributed by atoms with Crippen LogP contribution in [-0.4, -0.2) is 32.0 Å². The standard InChI is InChI=1S/C22H27N3O5S/c26-21(10-6-1-2-7-11-22(27)24-28)23-18-13-12-17-14-15-25(20(17)16-18)31(29,30)19-8-4-3-5-9-19/h3-5,8-9,12-13,16,28H,1-2,6-7,10-11,14-15H2,(H,23,26)(H,24,27). The van der Waals surface area contributed by atoms with Crippen LogP contribution in [0.25, 0.3) is 0 Å². The molecule has 0 spiro atoms. The molecular formula is C22H27N3O5S. The van der Waals surface area contributed by atoms with Crippen molar-refractivity contribution in [2.75, 3.05) is 16.2 Å². The number of carbonyl (C=O) groups excluding carboxylic acids is 2. The number of benzene rings is 2. The van der Waals surface area contributed by atoms with Gasteiger partial charge in [-0.25, -0.2) is 13.9 Å². The first kappa shape index (κ1) is 22.8. The number of unbranched alkanes of at least 4 members (excludes halogenated alkanes) is 3. The van der Waals surface area contributed by atoms with E-state index in [1.807, 2.05) is 6.07 Å². The Balaban J connectivity index is 1.56. The molecule has 3 N–H and O–H groups in total. The monoisotopic (exact) mass is 445 g/mol. The topological polar surface area (TPSA) is 116 Å². The summed E-state index contributed by atoms with van der Waals surface area (Å²) in [6.45, 7) is 0.373. The molecule has 1 heterocycles. The summed E-state index contributed by atoms with van der Waals surface area (Å²) in [6.07, 6.45) is 4.18. The predicted molar refractivity (Wildman–Crippen MR) is 117 cm³/mol. The van der Waals surface area contributed by atoms with E-state index in [-0.39, 0.29) is 17.2 Å². The Morgan fingerprint density at radius 2 is 1.61 bits per heavy atom. The highest BCUT2D eigenvalue weighted by Gasteiger charge is 2.31. The Kier molecular flexibility index (Phi) is 7.64. The Morgan fingerprint density at radius 3 is 2.29 bits per heavy atom. The van der Waals surface area contributed by atoms with Crippen LogP contribution in [0.4, 0.5) is 11.4 Å². The number of carbonyl (C=O) groups is 2. The maximum absolute atomic E-state index is 13.0. The van der Waals surface area contributed by atoms with Gasteiger partial charge in [-0.1, -0.05) is 37.1 Å². The van der Waals surface area contributed by atoms with Crippen LogP contribution in [0.1, 0.15) is 44.1 Å². The number of anilines is 2. The molecule has 3 rings (SSSR count).